The van der Waals surface area contributed by atoms with E-state index in [0.29, 0.717) is 21.0 Å². The number of hydrogen-bond donors (Lipinski definition) is 0. The molecule has 0 bridgehead atoms. The third-order valence-electron chi connectivity index (χ3n) is 7.57. The highest BCUT2D eigenvalue weighted by molar-refractivity contribution is 7.16. The molecule has 0 spiro atoms. The lowest BCUT2D eigenvalue weighted by Crippen LogP contribution is -2.52. The Kier molecular flexibility index (Phi) is 11.5. The van der Waals surface area contributed by atoms with E-state index < -0.39 is 0 Å². The van der Waals surface area contributed by atoms with E-state index in [1.807, 2.05) is 6.07 Å². The fraction of sp³-hybridized carbons (Fsp3) is 0.571. The van der Waals surface area contributed by atoms with Gasteiger partial charge in [0.2, 0.25) is 0 Å². The summed E-state index contributed by atoms with van der Waals surface area (Å²) in [4.78, 5) is 5.49. The Morgan fingerprint density at radius 2 is 1.56 bits per heavy atom. The zero-order chi connectivity index (χ0) is 26.7. The Labute approximate surface area is 221 Å². The largest absolute Gasteiger partial charge is 0.365 e. The van der Waals surface area contributed by atoms with Crippen LogP contribution in [0.3, 0.4) is 0 Å². The van der Waals surface area contributed by atoms with Gasteiger partial charge in [0.05, 0.1) is 44.0 Å². The summed E-state index contributed by atoms with van der Waals surface area (Å²) in [5.41, 5.74) is 4.13. The van der Waals surface area contributed by atoms with Gasteiger partial charge in [0.15, 0.2) is 5.00 Å². The molecule has 1 heterocycles. The minimum Gasteiger partial charge on any atom is -0.365 e. The van der Waals surface area contributed by atoms with Crippen molar-refractivity contribution in [3.63, 3.8) is 0 Å². The molecule has 0 saturated heterocycles. The van der Waals surface area contributed by atoms with Gasteiger partial charge in [-0.2, -0.15) is 10.5 Å². The Balaban J connectivity index is 2.31. The van der Waals surface area contributed by atoms with Crippen LogP contribution in [0.1, 0.15) is 56.2 Å². The Hall–Kier alpha value is -2.78. The van der Waals surface area contributed by atoms with Crippen molar-refractivity contribution in [2.75, 3.05) is 63.8 Å². The van der Waals surface area contributed by atoms with Crippen LogP contribution in [-0.2, 0) is 0 Å². The van der Waals surface area contributed by atoms with E-state index in [1.54, 1.807) is 6.92 Å². The molecule has 0 saturated carbocycles. The number of benzene rings is 1. The van der Waals surface area contributed by atoms with E-state index in [0.717, 1.165) is 74.6 Å². The molecule has 0 radical (unpaired) electrons. The van der Waals surface area contributed by atoms with Gasteiger partial charge in [-0.1, -0.05) is 13.8 Å². The smallest absolute Gasteiger partial charge is 0.158 e. The van der Waals surface area contributed by atoms with E-state index in [9.17, 15) is 10.5 Å². The summed E-state index contributed by atoms with van der Waals surface area (Å²) in [5, 5.41) is 28.0. The molecular formula is C28H42N7S+. The SMILES string of the molecule is CCN(CC)CCN(CC[N+](CC)(CC)CC)c1ccc(/N=N/c2sc(C#N)c(C)c2C#N)c(C)c1. The zero-order valence-corrected chi connectivity index (χ0v) is 24.0. The van der Waals surface area contributed by atoms with Crippen molar-refractivity contribution in [1.29, 1.82) is 10.5 Å². The molecule has 8 heteroatoms. The van der Waals surface area contributed by atoms with Crippen molar-refractivity contribution in [3.8, 4) is 12.1 Å². The Morgan fingerprint density at radius 3 is 2.08 bits per heavy atom. The van der Waals surface area contributed by atoms with Crippen LogP contribution in [0.2, 0.25) is 0 Å². The maximum atomic E-state index is 9.48. The van der Waals surface area contributed by atoms with Crippen LogP contribution >= 0.6 is 11.3 Å². The topological polar surface area (TPSA) is 78.8 Å². The second-order valence-electron chi connectivity index (χ2n) is 9.16. The van der Waals surface area contributed by atoms with E-state index in [4.69, 9.17) is 0 Å². The molecule has 2 rings (SSSR count). The average Bonchev–Trinajstić information content (AvgIpc) is 3.22. The van der Waals surface area contributed by atoms with Crippen molar-refractivity contribution in [1.82, 2.24) is 4.90 Å². The summed E-state index contributed by atoms with van der Waals surface area (Å²) in [6, 6.07) is 10.6. The third kappa shape index (κ3) is 7.13. The van der Waals surface area contributed by atoms with Gasteiger partial charge >= 0.3 is 0 Å². The van der Waals surface area contributed by atoms with Gasteiger partial charge in [-0.15, -0.1) is 21.6 Å². The van der Waals surface area contributed by atoms with Crippen LogP contribution in [-0.4, -0.2) is 68.3 Å². The van der Waals surface area contributed by atoms with Gasteiger partial charge in [0, 0.05) is 18.8 Å². The summed E-state index contributed by atoms with van der Waals surface area (Å²) in [5.74, 6) is 0. The number of likely N-dealkylation sites (N-methyl/N-ethyl adjacent to an activating group) is 2. The van der Waals surface area contributed by atoms with Gasteiger partial charge in [-0.05, 0) is 77.0 Å². The Morgan fingerprint density at radius 1 is 0.889 bits per heavy atom. The van der Waals surface area contributed by atoms with E-state index in [2.05, 4.69) is 85.8 Å². The second-order valence-corrected chi connectivity index (χ2v) is 10.2. The lowest BCUT2D eigenvalue weighted by atomic mass is 10.1. The molecule has 0 atom stereocenters. The molecule has 0 aliphatic heterocycles. The first kappa shape index (κ1) is 29.5. The number of aryl methyl sites for hydroxylation is 1. The lowest BCUT2D eigenvalue weighted by molar-refractivity contribution is -0.921. The normalized spacial score (nSPS) is 11.7. The van der Waals surface area contributed by atoms with Crippen LogP contribution in [0.15, 0.2) is 28.4 Å². The molecule has 1 aromatic heterocycles. The number of hydrogen-bond acceptors (Lipinski definition) is 7. The standard InChI is InChI=1S/C28H42N7S/c1-8-33(9-2)15-16-34(17-18-35(10-3,11-4)12-5)24-13-14-26(22(6)19-24)31-32-28-25(20-29)23(7)27(21-30)36-28/h13-14,19H,8-12,15-18H2,1-7H3/q+1/b32-31+. The first-order valence-electron chi connectivity index (χ1n) is 13.1. The second kappa shape index (κ2) is 14.1. The summed E-state index contributed by atoms with van der Waals surface area (Å²) < 4.78 is 1.12. The fourth-order valence-corrected chi connectivity index (χ4v) is 5.38. The maximum absolute atomic E-state index is 9.48. The number of thiophene rings is 1. The first-order valence-corrected chi connectivity index (χ1v) is 13.9. The zero-order valence-electron chi connectivity index (χ0n) is 23.1. The van der Waals surface area contributed by atoms with Crippen LogP contribution in [0.25, 0.3) is 0 Å². The summed E-state index contributed by atoms with van der Waals surface area (Å²) in [6.45, 7) is 24.9. The fourth-order valence-electron chi connectivity index (χ4n) is 4.50. The van der Waals surface area contributed by atoms with Crippen LogP contribution in [0.4, 0.5) is 16.4 Å². The van der Waals surface area contributed by atoms with Gasteiger partial charge in [-0.25, -0.2) is 0 Å². The van der Waals surface area contributed by atoms with Gasteiger partial charge in [0.1, 0.15) is 17.0 Å². The van der Waals surface area contributed by atoms with Crippen molar-refractivity contribution in [2.24, 2.45) is 10.2 Å². The van der Waals surface area contributed by atoms with Crippen molar-refractivity contribution < 1.29 is 4.48 Å². The van der Waals surface area contributed by atoms with Crippen molar-refractivity contribution in [2.45, 2.75) is 48.5 Å². The third-order valence-corrected chi connectivity index (χ3v) is 8.65. The molecule has 0 fully saturated rings. The molecule has 2 aromatic rings. The monoisotopic (exact) mass is 508 g/mol. The van der Waals surface area contributed by atoms with Crippen molar-refractivity contribution in [3.05, 3.63) is 39.8 Å². The number of rotatable bonds is 14. The van der Waals surface area contributed by atoms with Crippen LogP contribution < -0.4 is 4.90 Å². The summed E-state index contributed by atoms with van der Waals surface area (Å²) in [6.07, 6.45) is 0. The number of azo groups is 1. The molecule has 0 unspecified atom stereocenters. The first-order chi connectivity index (χ1) is 17.3. The highest BCUT2D eigenvalue weighted by atomic mass is 32.1. The minimum absolute atomic E-state index is 0.432. The number of nitriles is 2. The molecular weight excluding hydrogens is 466 g/mol. The van der Waals surface area contributed by atoms with E-state index in [-0.39, 0.29) is 0 Å². The quantitative estimate of drug-likeness (QED) is 0.214. The maximum Gasteiger partial charge on any atom is 0.158 e. The minimum atomic E-state index is 0.432. The Bertz CT molecular complexity index is 1090. The molecule has 0 N–H and O–H groups in total. The molecule has 194 valence electrons. The number of nitrogens with zero attached hydrogens (tertiary/aromatic N) is 7. The molecule has 0 aliphatic rings. The highest BCUT2D eigenvalue weighted by Gasteiger charge is 2.22. The van der Waals surface area contributed by atoms with Crippen LogP contribution in [0, 0.1) is 36.5 Å². The predicted octanol–water partition coefficient (Wildman–Crippen LogP) is 6.55. The van der Waals surface area contributed by atoms with Crippen molar-refractivity contribution >= 4 is 27.7 Å². The predicted molar refractivity (Wildman–Crippen MR) is 151 cm³/mol. The highest BCUT2D eigenvalue weighted by Crippen LogP contribution is 2.36. The van der Waals surface area contributed by atoms with Gasteiger partial charge in [0.25, 0.3) is 0 Å². The molecule has 0 aliphatic carbocycles. The summed E-state index contributed by atoms with van der Waals surface area (Å²) in [7, 11) is 0. The van der Waals surface area contributed by atoms with E-state index in [1.165, 1.54) is 17.0 Å². The molecule has 0 amide bonds. The van der Waals surface area contributed by atoms with Crippen LogP contribution in [0.5, 0.6) is 0 Å². The van der Waals surface area contributed by atoms with Gasteiger partial charge in [-0.3, -0.25) is 0 Å². The lowest BCUT2D eigenvalue weighted by Gasteiger charge is -2.38. The summed E-state index contributed by atoms with van der Waals surface area (Å²) >= 11 is 1.21. The van der Waals surface area contributed by atoms with E-state index >= 15 is 0 Å². The molecule has 7 nitrogen and oxygen atoms in total. The van der Waals surface area contributed by atoms with Gasteiger partial charge < -0.3 is 14.3 Å². The number of quaternary nitrogens is 1. The number of anilines is 1. The molecule has 36 heavy (non-hydrogen) atoms. The average molecular weight is 509 g/mol. The molecule has 1 aromatic carbocycles.